The summed E-state index contributed by atoms with van der Waals surface area (Å²) in [6, 6.07) is 24.9. The molecular weight excluding hydrogens is 426 g/mol. The van der Waals surface area contributed by atoms with Crippen LogP contribution in [0, 0.1) is 12.8 Å². The first-order valence-electron chi connectivity index (χ1n) is 11.8. The second kappa shape index (κ2) is 8.95. The van der Waals surface area contributed by atoms with Crippen LogP contribution in [0.25, 0.3) is 0 Å². The predicted molar refractivity (Wildman–Crippen MR) is 134 cm³/mol. The minimum atomic E-state index is -0.860. The molecule has 2 saturated heterocycles. The molecule has 0 radical (unpaired) electrons. The van der Waals surface area contributed by atoms with Crippen molar-refractivity contribution in [3.05, 3.63) is 90.0 Å². The van der Waals surface area contributed by atoms with E-state index in [1.54, 1.807) is 5.06 Å². The van der Waals surface area contributed by atoms with Crippen molar-refractivity contribution in [2.45, 2.75) is 32.9 Å². The number of hydrogen-bond acceptors (Lipinski definition) is 5. The van der Waals surface area contributed by atoms with E-state index < -0.39 is 18.1 Å². The molecule has 6 nitrogen and oxygen atoms in total. The first kappa shape index (κ1) is 22.2. The van der Waals surface area contributed by atoms with Crippen LogP contribution in [0.2, 0.25) is 0 Å². The van der Waals surface area contributed by atoms with Crippen LogP contribution in [0.5, 0.6) is 0 Å². The summed E-state index contributed by atoms with van der Waals surface area (Å²) in [5.74, 6) is -1.18. The number of fused-ring (bicyclic) bond motifs is 1. The molecule has 0 aliphatic carbocycles. The van der Waals surface area contributed by atoms with Crippen molar-refractivity contribution in [1.82, 2.24) is 0 Å². The molecule has 5 rings (SSSR count). The Labute approximate surface area is 200 Å². The molecule has 3 aromatic carbocycles. The number of carbonyl (C=O) groups is 2. The molecular formula is C28H29N3O3. The normalized spacial score (nSPS) is 21.8. The van der Waals surface area contributed by atoms with Crippen LogP contribution in [-0.2, 0) is 14.4 Å². The van der Waals surface area contributed by atoms with E-state index in [4.69, 9.17) is 4.84 Å². The quantitative estimate of drug-likeness (QED) is 0.495. The Balaban J connectivity index is 1.54. The summed E-state index contributed by atoms with van der Waals surface area (Å²) in [6.45, 7) is 8.08. The minimum Gasteiger partial charge on any atom is -0.372 e. The Morgan fingerprint density at radius 2 is 1.44 bits per heavy atom. The SMILES string of the molecule is CCN(CC)c1ccc([C@H]2[C@H]3C(=O)N(c4ccc(C)cc4)C(=O)[C@@H]3ON2c2ccccc2)cc1. The van der Waals surface area contributed by atoms with Gasteiger partial charge in [-0.3, -0.25) is 14.4 Å². The Kier molecular flexibility index (Phi) is 5.84. The highest BCUT2D eigenvalue weighted by atomic mass is 16.7. The fourth-order valence-electron chi connectivity index (χ4n) is 4.97. The second-order valence-corrected chi connectivity index (χ2v) is 8.77. The Hall–Kier alpha value is -3.64. The number of imide groups is 1. The summed E-state index contributed by atoms with van der Waals surface area (Å²) < 4.78 is 0. The van der Waals surface area contributed by atoms with E-state index in [1.807, 2.05) is 73.7 Å². The molecule has 2 aliphatic rings. The molecule has 0 unspecified atom stereocenters. The van der Waals surface area contributed by atoms with Gasteiger partial charge in [0, 0.05) is 18.8 Å². The van der Waals surface area contributed by atoms with E-state index in [-0.39, 0.29) is 11.8 Å². The Morgan fingerprint density at radius 3 is 2.06 bits per heavy atom. The van der Waals surface area contributed by atoms with Crippen molar-refractivity contribution in [2.75, 3.05) is 28.0 Å². The molecule has 174 valence electrons. The lowest BCUT2D eigenvalue weighted by molar-refractivity contribution is -0.126. The highest BCUT2D eigenvalue weighted by molar-refractivity contribution is 6.23. The van der Waals surface area contributed by atoms with Gasteiger partial charge in [-0.05, 0) is 62.7 Å². The molecule has 0 N–H and O–H groups in total. The highest BCUT2D eigenvalue weighted by Gasteiger charge is 2.60. The Morgan fingerprint density at radius 1 is 0.794 bits per heavy atom. The van der Waals surface area contributed by atoms with Gasteiger partial charge < -0.3 is 4.90 Å². The molecule has 2 fully saturated rings. The maximum absolute atomic E-state index is 13.7. The number of hydrogen-bond donors (Lipinski definition) is 0. The molecule has 3 atom stereocenters. The zero-order valence-corrected chi connectivity index (χ0v) is 19.7. The Bertz CT molecular complexity index is 1170. The van der Waals surface area contributed by atoms with E-state index >= 15 is 0 Å². The smallest absolute Gasteiger partial charge is 0.266 e. The van der Waals surface area contributed by atoms with Crippen LogP contribution in [0.3, 0.4) is 0 Å². The van der Waals surface area contributed by atoms with Gasteiger partial charge in [-0.1, -0.05) is 48.0 Å². The fraction of sp³-hybridized carbons (Fsp3) is 0.286. The van der Waals surface area contributed by atoms with Gasteiger partial charge in [0.05, 0.1) is 17.4 Å². The highest BCUT2D eigenvalue weighted by Crippen LogP contribution is 2.47. The van der Waals surface area contributed by atoms with E-state index in [0.29, 0.717) is 5.69 Å². The molecule has 0 saturated carbocycles. The van der Waals surface area contributed by atoms with Gasteiger partial charge in [0.1, 0.15) is 5.92 Å². The van der Waals surface area contributed by atoms with Gasteiger partial charge in [0.2, 0.25) is 5.91 Å². The summed E-state index contributed by atoms with van der Waals surface area (Å²) in [7, 11) is 0. The van der Waals surface area contributed by atoms with E-state index in [9.17, 15) is 9.59 Å². The van der Waals surface area contributed by atoms with E-state index in [2.05, 4.69) is 30.9 Å². The van der Waals surface area contributed by atoms with Gasteiger partial charge in [0.25, 0.3) is 5.91 Å². The first-order chi connectivity index (χ1) is 16.5. The van der Waals surface area contributed by atoms with Crippen LogP contribution < -0.4 is 14.9 Å². The number of carbonyl (C=O) groups excluding carboxylic acids is 2. The number of para-hydroxylation sites is 1. The lowest BCUT2D eigenvalue weighted by Gasteiger charge is -2.29. The first-order valence-corrected chi connectivity index (χ1v) is 11.8. The van der Waals surface area contributed by atoms with Crippen LogP contribution in [-0.4, -0.2) is 31.0 Å². The zero-order chi connectivity index (χ0) is 23.8. The number of nitrogens with zero attached hydrogens (tertiary/aromatic N) is 3. The average Bonchev–Trinajstić information content (AvgIpc) is 3.38. The molecule has 3 aromatic rings. The van der Waals surface area contributed by atoms with Crippen LogP contribution in [0.1, 0.15) is 31.0 Å². The third-order valence-electron chi connectivity index (χ3n) is 6.78. The van der Waals surface area contributed by atoms with Gasteiger partial charge in [0.15, 0.2) is 6.10 Å². The van der Waals surface area contributed by atoms with Gasteiger partial charge in [-0.2, -0.15) is 0 Å². The summed E-state index contributed by atoms with van der Waals surface area (Å²) in [5.41, 5.74) is 4.54. The maximum atomic E-state index is 13.7. The predicted octanol–water partition coefficient (Wildman–Crippen LogP) is 4.89. The number of amides is 2. The van der Waals surface area contributed by atoms with Crippen LogP contribution >= 0.6 is 0 Å². The standard InChI is InChI=1S/C28H29N3O3/c1-4-29(5-2)21-17-13-20(14-18-21)25-24-26(34-31(25)23-9-7-6-8-10-23)28(33)30(27(24)32)22-15-11-19(3)12-16-22/h6-18,24-26H,4-5H2,1-3H3/t24-,25+,26-/m1/s1. The van der Waals surface area contributed by atoms with Crippen molar-refractivity contribution in [1.29, 1.82) is 0 Å². The summed E-state index contributed by atoms with van der Waals surface area (Å²) in [6.07, 6.45) is -0.860. The molecule has 0 spiro atoms. The number of rotatable bonds is 6. The second-order valence-electron chi connectivity index (χ2n) is 8.77. The number of hydroxylamine groups is 1. The van der Waals surface area contributed by atoms with Crippen molar-refractivity contribution >= 4 is 28.9 Å². The average molecular weight is 456 g/mol. The summed E-state index contributed by atoms with van der Waals surface area (Å²) in [4.78, 5) is 36.9. The molecule has 2 heterocycles. The minimum absolute atomic E-state index is 0.227. The molecule has 2 aliphatic heterocycles. The number of benzene rings is 3. The van der Waals surface area contributed by atoms with Crippen LogP contribution in [0.15, 0.2) is 78.9 Å². The number of anilines is 3. The van der Waals surface area contributed by atoms with Crippen molar-refractivity contribution < 1.29 is 14.4 Å². The lowest BCUT2D eigenvalue weighted by Crippen LogP contribution is -2.37. The lowest BCUT2D eigenvalue weighted by atomic mass is 9.90. The molecule has 2 amide bonds. The van der Waals surface area contributed by atoms with Crippen molar-refractivity contribution in [2.24, 2.45) is 5.92 Å². The van der Waals surface area contributed by atoms with Gasteiger partial charge in [-0.25, -0.2) is 9.96 Å². The van der Waals surface area contributed by atoms with Crippen LogP contribution in [0.4, 0.5) is 17.1 Å². The summed E-state index contributed by atoms with van der Waals surface area (Å²) >= 11 is 0. The molecule has 6 heteroatoms. The fourth-order valence-corrected chi connectivity index (χ4v) is 4.97. The third-order valence-corrected chi connectivity index (χ3v) is 6.78. The number of aryl methyl sites for hydroxylation is 1. The zero-order valence-electron chi connectivity index (χ0n) is 19.7. The van der Waals surface area contributed by atoms with E-state index in [1.165, 1.54) is 4.90 Å². The largest absolute Gasteiger partial charge is 0.372 e. The van der Waals surface area contributed by atoms with Gasteiger partial charge in [-0.15, -0.1) is 0 Å². The van der Waals surface area contributed by atoms with Crippen molar-refractivity contribution in [3.63, 3.8) is 0 Å². The summed E-state index contributed by atoms with van der Waals surface area (Å²) in [5, 5.41) is 1.74. The molecule has 0 bridgehead atoms. The van der Waals surface area contributed by atoms with E-state index in [0.717, 1.165) is 35.6 Å². The maximum Gasteiger partial charge on any atom is 0.266 e. The molecule has 34 heavy (non-hydrogen) atoms. The third kappa shape index (κ3) is 3.64. The topological polar surface area (TPSA) is 53.1 Å². The molecule has 0 aromatic heterocycles. The van der Waals surface area contributed by atoms with Gasteiger partial charge >= 0.3 is 0 Å². The monoisotopic (exact) mass is 455 g/mol. The van der Waals surface area contributed by atoms with Crippen molar-refractivity contribution in [3.8, 4) is 0 Å².